The Morgan fingerprint density at radius 1 is 1.12 bits per heavy atom. The maximum Gasteiger partial charge on any atom is 0.319 e. The van der Waals surface area contributed by atoms with Crippen molar-refractivity contribution >= 4 is 23.5 Å². The molecule has 2 aliphatic rings. The van der Waals surface area contributed by atoms with Gasteiger partial charge in [0.2, 0.25) is 0 Å². The largest absolute Gasteiger partial charge is 0.493 e. The van der Waals surface area contributed by atoms with E-state index in [-0.39, 0.29) is 17.5 Å². The zero-order valence-electron chi connectivity index (χ0n) is 19.3. The van der Waals surface area contributed by atoms with Crippen molar-refractivity contribution in [2.24, 2.45) is 0 Å². The fourth-order valence-corrected chi connectivity index (χ4v) is 5.91. The highest BCUT2D eigenvalue weighted by Crippen LogP contribution is 2.49. The third-order valence-corrected chi connectivity index (χ3v) is 7.87. The number of benzene rings is 2. The molecule has 1 saturated carbocycles. The van der Waals surface area contributed by atoms with Gasteiger partial charge in [0.05, 0.1) is 14.2 Å². The van der Waals surface area contributed by atoms with Crippen LogP contribution in [0.15, 0.2) is 47.4 Å². The smallest absolute Gasteiger partial charge is 0.319 e. The summed E-state index contributed by atoms with van der Waals surface area (Å²) in [7, 11) is 5.55. The lowest BCUT2D eigenvalue weighted by molar-refractivity contribution is 0.156. The predicted molar refractivity (Wildman–Crippen MR) is 130 cm³/mol. The van der Waals surface area contributed by atoms with Crippen LogP contribution in [-0.2, 0) is 5.41 Å². The van der Waals surface area contributed by atoms with Gasteiger partial charge < -0.3 is 25.0 Å². The lowest BCUT2D eigenvalue weighted by Crippen LogP contribution is -2.52. The number of hydrogen-bond acceptors (Lipinski definition) is 5. The van der Waals surface area contributed by atoms with E-state index >= 15 is 0 Å². The lowest BCUT2D eigenvalue weighted by Gasteiger charge is -2.45. The molecule has 0 spiro atoms. The van der Waals surface area contributed by atoms with Crippen LogP contribution < -0.4 is 20.1 Å². The molecule has 0 bridgehead atoms. The van der Waals surface area contributed by atoms with E-state index < -0.39 is 0 Å². The molecule has 2 N–H and O–H groups in total. The van der Waals surface area contributed by atoms with Gasteiger partial charge in [-0.25, -0.2) is 4.79 Å². The van der Waals surface area contributed by atoms with Gasteiger partial charge in [-0.15, -0.1) is 11.8 Å². The van der Waals surface area contributed by atoms with Crippen molar-refractivity contribution in [1.29, 1.82) is 0 Å². The minimum absolute atomic E-state index is 0.0790. The number of ether oxygens (including phenoxy) is 2. The van der Waals surface area contributed by atoms with Crippen LogP contribution >= 0.6 is 11.8 Å². The van der Waals surface area contributed by atoms with Gasteiger partial charge >= 0.3 is 6.03 Å². The lowest BCUT2D eigenvalue weighted by atomic mass is 9.65. The number of carbonyl (C=O) groups is 1. The van der Waals surface area contributed by atoms with Crippen LogP contribution in [-0.4, -0.2) is 57.1 Å². The molecule has 2 aromatic carbocycles. The number of carbonyl (C=O) groups excluding carboxylic acids is 1. The molecule has 172 valence electrons. The van der Waals surface area contributed by atoms with Crippen LogP contribution in [0.4, 0.5) is 10.5 Å². The van der Waals surface area contributed by atoms with Gasteiger partial charge in [0.1, 0.15) is 0 Å². The summed E-state index contributed by atoms with van der Waals surface area (Å²) in [6.45, 7) is 1.05. The molecule has 4 rings (SSSR count). The van der Waals surface area contributed by atoms with Crippen molar-refractivity contribution in [3.05, 3.63) is 48.0 Å². The molecule has 3 atom stereocenters. The van der Waals surface area contributed by atoms with Crippen LogP contribution in [0.2, 0.25) is 0 Å². The summed E-state index contributed by atoms with van der Waals surface area (Å²) < 4.78 is 11.0. The molecule has 2 fully saturated rings. The van der Waals surface area contributed by atoms with E-state index in [2.05, 4.69) is 34.7 Å². The average molecular weight is 456 g/mol. The Morgan fingerprint density at radius 2 is 1.94 bits per heavy atom. The molecule has 2 amide bonds. The standard InChI is InChI=1S/C25H33N3O3S/c1-28-13-12-25(17-8-9-21(30-2)22(14-17)31-3)11-10-19(16-23(25)28)27-24(29)26-18-6-5-7-20(15-18)32-4/h5-9,14-15,19,23H,10-13,16H2,1-4H3,(H2,26,27,29)/t19-,23+,25+/m1/s1. The van der Waals surface area contributed by atoms with E-state index in [1.165, 1.54) is 5.56 Å². The van der Waals surface area contributed by atoms with Crippen molar-refractivity contribution in [3.63, 3.8) is 0 Å². The third kappa shape index (κ3) is 4.41. The second kappa shape index (κ2) is 9.63. The maximum absolute atomic E-state index is 12.7. The normalized spacial score (nSPS) is 25.1. The molecule has 1 aliphatic heterocycles. The Balaban J connectivity index is 1.47. The van der Waals surface area contributed by atoms with Crippen LogP contribution in [0.1, 0.15) is 31.2 Å². The summed E-state index contributed by atoms with van der Waals surface area (Å²) in [5, 5.41) is 6.22. The van der Waals surface area contributed by atoms with E-state index in [4.69, 9.17) is 9.47 Å². The number of anilines is 1. The number of fused-ring (bicyclic) bond motifs is 1. The number of likely N-dealkylation sites (tertiary alicyclic amines) is 1. The summed E-state index contributed by atoms with van der Waals surface area (Å²) in [6.07, 6.45) is 6.07. The molecule has 32 heavy (non-hydrogen) atoms. The van der Waals surface area contributed by atoms with E-state index in [0.717, 1.165) is 54.3 Å². The van der Waals surface area contributed by atoms with E-state index in [9.17, 15) is 4.79 Å². The summed E-state index contributed by atoms with van der Waals surface area (Å²) in [5.74, 6) is 1.54. The van der Waals surface area contributed by atoms with Gasteiger partial charge in [-0.1, -0.05) is 12.1 Å². The van der Waals surface area contributed by atoms with E-state index in [0.29, 0.717) is 6.04 Å². The SMILES string of the molecule is COc1ccc([C@@]23CC[C@@H](NC(=O)Nc4cccc(SC)c4)C[C@@H]2N(C)CC3)cc1OC. The number of likely N-dealkylation sites (N-methyl/N-ethyl adjacent to an activating group) is 1. The second-order valence-corrected chi connectivity index (χ2v) is 9.65. The first-order valence-electron chi connectivity index (χ1n) is 11.1. The fourth-order valence-electron chi connectivity index (χ4n) is 5.45. The number of thioether (sulfide) groups is 1. The van der Waals surface area contributed by atoms with E-state index in [1.807, 2.05) is 36.6 Å². The second-order valence-electron chi connectivity index (χ2n) is 8.77. The molecule has 1 saturated heterocycles. The van der Waals surface area contributed by atoms with E-state index in [1.54, 1.807) is 26.0 Å². The number of nitrogens with one attached hydrogen (secondary N) is 2. The van der Waals surface area contributed by atoms with Crippen LogP contribution in [0.3, 0.4) is 0 Å². The van der Waals surface area contributed by atoms with Crippen molar-refractivity contribution in [3.8, 4) is 11.5 Å². The zero-order chi connectivity index (χ0) is 22.7. The Morgan fingerprint density at radius 3 is 2.69 bits per heavy atom. The molecule has 7 heteroatoms. The molecule has 1 aliphatic carbocycles. The van der Waals surface area contributed by atoms with Gasteiger partial charge in [-0.2, -0.15) is 0 Å². The number of rotatable bonds is 6. The number of amides is 2. The van der Waals surface area contributed by atoms with Gasteiger partial charge in [0.15, 0.2) is 11.5 Å². The van der Waals surface area contributed by atoms with Gasteiger partial charge in [-0.05, 0) is 81.4 Å². The Kier molecular flexibility index (Phi) is 6.86. The highest BCUT2D eigenvalue weighted by molar-refractivity contribution is 7.98. The molecule has 2 aromatic rings. The van der Waals surface area contributed by atoms with Crippen molar-refractivity contribution in [2.45, 2.75) is 48.1 Å². The predicted octanol–water partition coefficient (Wildman–Crippen LogP) is 4.74. The highest BCUT2D eigenvalue weighted by atomic mass is 32.2. The third-order valence-electron chi connectivity index (χ3n) is 7.15. The van der Waals surface area contributed by atoms with Crippen LogP contribution in [0, 0.1) is 0 Å². The Labute approximate surface area is 195 Å². The first kappa shape index (κ1) is 22.8. The minimum Gasteiger partial charge on any atom is -0.493 e. The van der Waals surface area contributed by atoms with Gasteiger partial charge in [0.25, 0.3) is 0 Å². The summed E-state index contributed by atoms with van der Waals surface area (Å²) >= 11 is 1.66. The van der Waals surface area contributed by atoms with Gasteiger partial charge in [0, 0.05) is 28.1 Å². The quantitative estimate of drug-likeness (QED) is 0.616. The van der Waals surface area contributed by atoms with Crippen molar-refractivity contribution < 1.29 is 14.3 Å². The molecule has 1 heterocycles. The number of nitrogens with zero attached hydrogens (tertiary/aromatic N) is 1. The topological polar surface area (TPSA) is 62.8 Å². The average Bonchev–Trinajstić information content (AvgIpc) is 3.15. The maximum atomic E-state index is 12.7. The highest BCUT2D eigenvalue weighted by Gasteiger charge is 2.50. The first-order valence-corrected chi connectivity index (χ1v) is 12.4. The molecule has 6 nitrogen and oxygen atoms in total. The van der Waals surface area contributed by atoms with Crippen LogP contribution in [0.5, 0.6) is 11.5 Å². The summed E-state index contributed by atoms with van der Waals surface area (Å²) in [5.41, 5.74) is 2.21. The number of methoxy groups -OCH3 is 2. The number of urea groups is 1. The van der Waals surface area contributed by atoms with Crippen molar-refractivity contribution in [1.82, 2.24) is 10.2 Å². The molecule has 0 unspecified atom stereocenters. The molecule has 0 radical (unpaired) electrons. The minimum atomic E-state index is -0.132. The number of hydrogen-bond donors (Lipinski definition) is 2. The first-order chi connectivity index (χ1) is 15.5. The zero-order valence-corrected chi connectivity index (χ0v) is 20.1. The Bertz CT molecular complexity index is 969. The van der Waals surface area contributed by atoms with Crippen molar-refractivity contribution in [2.75, 3.05) is 39.4 Å². The van der Waals surface area contributed by atoms with Gasteiger partial charge in [-0.3, -0.25) is 0 Å². The molecule has 0 aromatic heterocycles. The molecular formula is C25H33N3O3S. The fraction of sp³-hybridized carbons (Fsp3) is 0.480. The summed E-state index contributed by atoms with van der Waals surface area (Å²) in [4.78, 5) is 16.3. The molecular weight excluding hydrogens is 422 g/mol. The summed E-state index contributed by atoms with van der Waals surface area (Å²) in [6, 6.07) is 14.7. The Hall–Kier alpha value is -2.38. The van der Waals surface area contributed by atoms with Crippen LogP contribution in [0.25, 0.3) is 0 Å². The monoisotopic (exact) mass is 455 g/mol.